The van der Waals surface area contributed by atoms with Gasteiger partial charge in [-0.3, -0.25) is 9.59 Å². The molecule has 3 aromatic rings. The third-order valence-corrected chi connectivity index (χ3v) is 4.93. The van der Waals surface area contributed by atoms with Crippen molar-refractivity contribution in [2.75, 3.05) is 10.6 Å². The number of aromatic nitrogens is 2. The standard InChI is InChI=1S/C22H22N4O2/c1-3-17-20(15-7-5-4-6-8-15)21-24-22(28)18(26(21)25-17)13-19(27)23-16-11-9-14(2)10-12-16/h4-12,18H,3,13H2,1-2H3,(H,23,27)(H,24,28)/t18-/m0/s1. The van der Waals surface area contributed by atoms with Gasteiger partial charge in [-0.15, -0.1) is 0 Å². The van der Waals surface area contributed by atoms with Crippen molar-refractivity contribution in [1.29, 1.82) is 0 Å². The Morgan fingerprint density at radius 3 is 2.54 bits per heavy atom. The maximum Gasteiger partial charge on any atom is 0.251 e. The molecular weight excluding hydrogens is 352 g/mol. The molecule has 6 heteroatoms. The van der Waals surface area contributed by atoms with Crippen LogP contribution in [0.25, 0.3) is 11.1 Å². The lowest BCUT2D eigenvalue weighted by Crippen LogP contribution is -2.23. The van der Waals surface area contributed by atoms with Crippen LogP contribution >= 0.6 is 0 Å². The number of benzene rings is 2. The molecule has 2 amide bonds. The molecule has 1 aliphatic rings. The molecule has 0 radical (unpaired) electrons. The second-order valence-electron chi connectivity index (χ2n) is 6.96. The predicted molar refractivity (Wildman–Crippen MR) is 109 cm³/mol. The third-order valence-electron chi connectivity index (χ3n) is 4.93. The molecule has 0 aliphatic carbocycles. The SMILES string of the molecule is CCc1nn2c(c1-c1ccccc1)NC(=O)[C@@H]2CC(=O)Nc1ccc(C)cc1. The van der Waals surface area contributed by atoms with Gasteiger partial charge in [0.1, 0.15) is 11.9 Å². The molecule has 0 unspecified atom stereocenters. The maximum absolute atomic E-state index is 12.6. The normalized spacial score (nSPS) is 15.2. The molecule has 1 aliphatic heterocycles. The second kappa shape index (κ2) is 7.31. The van der Waals surface area contributed by atoms with Crippen LogP contribution in [0.5, 0.6) is 0 Å². The fourth-order valence-corrected chi connectivity index (χ4v) is 3.50. The van der Waals surface area contributed by atoms with Crippen LogP contribution in [-0.4, -0.2) is 21.6 Å². The Morgan fingerprint density at radius 1 is 1.14 bits per heavy atom. The van der Waals surface area contributed by atoms with Crippen molar-refractivity contribution in [2.45, 2.75) is 32.7 Å². The van der Waals surface area contributed by atoms with Crippen molar-refractivity contribution in [3.63, 3.8) is 0 Å². The van der Waals surface area contributed by atoms with Crippen LogP contribution in [0.4, 0.5) is 11.5 Å². The summed E-state index contributed by atoms with van der Waals surface area (Å²) in [5, 5.41) is 10.4. The summed E-state index contributed by atoms with van der Waals surface area (Å²) in [4.78, 5) is 25.1. The van der Waals surface area contributed by atoms with E-state index in [1.165, 1.54) is 0 Å². The molecule has 4 rings (SSSR count). The monoisotopic (exact) mass is 374 g/mol. The van der Waals surface area contributed by atoms with E-state index >= 15 is 0 Å². The van der Waals surface area contributed by atoms with Gasteiger partial charge in [-0.2, -0.15) is 5.10 Å². The molecule has 2 heterocycles. The first-order chi connectivity index (χ1) is 13.6. The maximum atomic E-state index is 12.6. The van der Waals surface area contributed by atoms with Crippen molar-refractivity contribution >= 4 is 23.3 Å². The van der Waals surface area contributed by atoms with Crippen molar-refractivity contribution in [3.8, 4) is 11.1 Å². The molecule has 28 heavy (non-hydrogen) atoms. The third kappa shape index (κ3) is 3.29. The van der Waals surface area contributed by atoms with Gasteiger partial charge in [0, 0.05) is 11.3 Å². The summed E-state index contributed by atoms with van der Waals surface area (Å²) in [5.74, 6) is 0.245. The summed E-state index contributed by atoms with van der Waals surface area (Å²) in [5.41, 5.74) is 4.68. The van der Waals surface area contributed by atoms with E-state index < -0.39 is 6.04 Å². The van der Waals surface area contributed by atoms with Gasteiger partial charge in [0.15, 0.2) is 0 Å². The first-order valence-corrected chi connectivity index (χ1v) is 9.41. The lowest BCUT2D eigenvalue weighted by molar-refractivity contribution is -0.123. The lowest BCUT2D eigenvalue weighted by atomic mass is 10.0. The molecule has 2 N–H and O–H groups in total. The number of nitrogens with one attached hydrogen (secondary N) is 2. The number of carbonyl (C=O) groups is 2. The average molecular weight is 374 g/mol. The number of hydrogen-bond donors (Lipinski definition) is 2. The largest absolute Gasteiger partial charge is 0.326 e. The Hall–Kier alpha value is -3.41. The van der Waals surface area contributed by atoms with Crippen LogP contribution in [0.1, 0.15) is 30.6 Å². The van der Waals surface area contributed by atoms with Crippen LogP contribution in [-0.2, 0) is 16.0 Å². The molecule has 0 fully saturated rings. The van der Waals surface area contributed by atoms with Gasteiger partial charge < -0.3 is 10.6 Å². The molecule has 1 aromatic heterocycles. The van der Waals surface area contributed by atoms with Gasteiger partial charge in [0.2, 0.25) is 5.91 Å². The highest BCUT2D eigenvalue weighted by Gasteiger charge is 2.36. The van der Waals surface area contributed by atoms with E-state index in [1.54, 1.807) is 4.68 Å². The number of carbonyl (C=O) groups excluding carboxylic acids is 2. The van der Waals surface area contributed by atoms with Gasteiger partial charge in [-0.25, -0.2) is 4.68 Å². The molecule has 0 saturated carbocycles. The Labute approximate surface area is 163 Å². The Kier molecular flexibility index (Phi) is 4.69. The molecular formula is C22H22N4O2. The zero-order chi connectivity index (χ0) is 19.7. The topological polar surface area (TPSA) is 76.0 Å². The second-order valence-corrected chi connectivity index (χ2v) is 6.96. The van der Waals surface area contributed by atoms with E-state index in [2.05, 4.69) is 15.7 Å². The Bertz CT molecular complexity index is 1020. The van der Waals surface area contributed by atoms with Gasteiger partial charge >= 0.3 is 0 Å². The molecule has 1 atom stereocenters. The van der Waals surface area contributed by atoms with E-state index in [9.17, 15) is 9.59 Å². The van der Waals surface area contributed by atoms with Crippen molar-refractivity contribution < 1.29 is 9.59 Å². The molecule has 0 saturated heterocycles. The summed E-state index contributed by atoms with van der Waals surface area (Å²) < 4.78 is 1.66. The molecule has 0 spiro atoms. The number of aryl methyl sites for hydroxylation is 2. The highest BCUT2D eigenvalue weighted by Crippen LogP contribution is 2.38. The molecule has 6 nitrogen and oxygen atoms in total. The number of hydrogen-bond acceptors (Lipinski definition) is 3. The summed E-state index contributed by atoms with van der Waals surface area (Å²) >= 11 is 0. The average Bonchev–Trinajstić information content (AvgIpc) is 3.20. The highest BCUT2D eigenvalue weighted by atomic mass is 16.2. The Morgan fingerprint density at radius 2 is 1.86 bits per heavy atom. The summed E-state index contributed by atoms with van der Waals surface area (Å²) in [6.07, 6.45) is 0.772. The van der Waals surface area contributed by atoms with Gasteiger partial charge in [0.05, 0.1) is 12.1 Å². The van der Waals surface area contributed by atoms with Crippen molar-refractivity contribution in [3.05, 3.63) is 65.9 Å². The number of rotatable bonds is 5. The molecule has 2 aromatic carbocycles. The smallest absolute Gasteiger partial charge is 0.251 e. The van der Waals surface area contributed by atoms with Crippen LogP contribution in [0.3, 0.4) is 0 Å². The number of fused-ring (bicyclic) bond motifs is 1. The van der Waals surface area contributed by atoms with Gasteiger partial charge in [-0.1, -0.05) is 55.0 Å². The van der Waals surface area contributed by atoms with Crippen molar-refractivity contribution in [2.24, 2.45) is 0 Å². The quantitative estimate of drug-likeness (QED) is 0.710. The zero-order valence-electron chi connectivity index (χ0n) is 15.9. The van der Waals surface area contributed by atoms with E-state index in [0.29, 0.717) is 11.5 Å². The highest BCUT2D eigenvalue weighted by molar-refractivity contribution is 6.04. The first kappa shape index (κ1) is 18.0. The minimum Gasteiger partial charge on any atom is -0.326 e. The van der Waals surface area contributed by atoms with Crippen LogP contribution in [0, 0.1) is 6.92 Å². The lowest BCUT2D eigenvalue weighted by Gasteiger charge is -2.10. The van der Waals surface area contributed by atoms with Crippen LogP contribution < -0.4 is 10.6 Å². The van der Waals surface area contributed by atoms with E-state index in [1.807, 2.05) is 68.4 Å². The molecule has 142 valence electrons. The van der Waals surface area contributed by atoms with Crippen LogP contribution in [0.15, 0.2) is 54.6 Å². The zero-order valence-corrected chi connectivity index (χ0v) is 15.9. The minimum atomic E-state index is -0.650. The number of anilines is 2. The fraction of sp³-hybridized carbons (Fsp3) is 0.227. The van der Waals surface area contributed by atoms with Gasteiger partial charge in [0.25, 0.3) is 5.91 Å². The Balaban J connectivity index is 1.59. The minimum absolute atomic E-state index is 0.0335. The summed E-state index contributed by atoms with van der Waals surface area (Å²) in [6, 6.07) is 16.8. The van der Waals surface area contributed by atoms with E-state index in [0.717, 1.165) is 28.8 Å². The van der Waals surface area contributed by atoms with Crippen molar-refractivity contribution in [1.82, 2.24) is 9.78 Å². The number of nitrogens with zero attached hydrogens (tertiary/aromatic N) is 2. The first-order valence-electron chi connectivity index (χ1n) is 9.41. The van der Waals surface area contributed by atoms with E-state index in [4.69, 9.17) is 0 Å². The predicted octanol–water partition coefficient (Wildman–Crippen LogP) is 3.94. The van der Waals surface area contributed by atoms with E-state index in [-0.39, 0.29) is 18.2 Å². The summed E-state index contributed by atoms with van der Waals surface area (Å²) in [6.45, 7) is 4.02. The summed E-state index contributed by atoms with van der Waals surface area (Å²) in [7, 11) is 0. The van der Waals surface area contributed by atoms with Gasteiger partial charge in [-0.05, 0) is 31.0 Å². The number of amides is 2. The fourth-order valence-electron chi connectivity index (χ4n) is 3.50. The van der Waals surface area contributed by atoms with Crippen LogP contribution in [0.2, 0.25) is 0 Å². The molecule has 0 bridgehead atoms.